The minimum Gasteiger partial charge on any atom is -0.497 e. The SMILES string of the molecule is COC(=O)Cc1c(C(=O)Nc2ccc3c(c2)CN(C2CCC(=O)NC2=O)C3=O)[nH]c2ccc(OC)cc12. The molecule has 3 heterocycles. The molecule has 0 aliphatic carbocycles. The predicted octanol–water partition coefficient (Wildman–Crippen LogP) is 1.91. The van der Waals surface area contributed by atoms with Crippen LogP contribution in [0.3, 0.4) is 0 Å². The molecule has 37 heavy (non-hydrogen) atoms. The Hall–Kier alpha value is -4.67. The Morgan fingerprint density at radius 3 is 2.65 bits per heavy atom. The second-order valence-electron chi connectivity index (χ2n) is 8.87. The van der Waals surface area contributed by atoms with Crippen LogP contribution in [0.1, 0.15) is 44.8 Å². The molecule has 2 aromatic carbocycles. The first-order valence-corrected chi connectivity index (χ1v) is 11.6. The standard InChI is InChI=1S/C26H24N4O7/c1-36-15-4-6-19-17(10-15)18(11-22(32)37-2)23(28-19)25(34)27-14-3-5-16-13(9-14)12-30(26(16)35)20-7-8-21(31)29-24(20)33/h3-6,9-10,20,28H,7-8,11-12H2,1-2H3,(H,27,34)(H,29,31,33). The van der Waals surface area contributed by atoms with Crippen LogP contribution < -0.4 is 15.4 Å². The molecular formula is C26H24N4O7. The topological polar surface area (TPSA) is 147 Å². The second-order valence-corrected chi connectivity index (χ2v) is 8.87. The molecule has 11 nitrogen and oxygen atoms in total. The first kappa shape index (κ1) is 24.0. The highest BCUT2D eigenvalue weighted by molar-refractivity contribution is 6.10. The minimum absolute atomic E-state index is 0.119. The number of hydrogen-bond donors (Lipinski definition) is 3. The number of benzene rings is 2. The number of aromatic nitrogens is 1. The summed E-state index contributed by atoms with van der Waals surface area (Å²) in [6.07, 6.45) is 0.316. The Morgan fingerprint density at radius 1 is 1.11 bits per heavy atom. The summed E-state index contributed by atoms with van der Waals surface area (Å²) in [7, 11) is 2.81. The van der Waals surface area contributed by atoms with Crippen LogP contribution in [0.15, 0.2) is 36.4 Å². The lowest BCUT2D eigenvalue weighted by molar-refractivity contribution is -0.140. The number of H-pyrrole nitrogens is 1. The van der Waals surface area contributed by atoms with Crippen LogP contribution in [0.25, 0.3) is 10.9 Å². The second kappa shape index (κ2) is 9.41. The number of rotatable bonds is 6. The lowest BCUT2D eigenvalue weighted by atomic mass is 10.0. The molecule has 3 aromatic rings. The Bertz CT molecular complexity index is 1480. The maximum atomic E-state index is 13.3. The molecule has 1 atom stereocenters. The van der Waals surface area contributed by atoms with Gasteiger partial charge in [-0.3, -0.25) is 29.3 Å². The number of ether oxygens (including phenoxy) is 2. The molecule has 3 N–H and O–H groups in total. The van der Waals surface area contributed by atoms with Crippen molar-refractivity contribution in [2.45, 2.75) is 31.8 Å². The number of hydrogen-bond acceptors (Lipinski definition) is 7. The average molecular weight is 504 g/mol. The number of amides is 4. The fourth-order valence-electron chi connectivity index (χ4n) is 4.79. The van der Waals surface area contributed by atoms with Crippen LogP contribution in [0.2, 0.25) is 0 Å². The molecule has 0 spiro atoms. The van der Waals surface area contributed by atoms with Crippen molar-refractivity contribution in [1.29, 1.82) is 0 Å². The Labute approximate surface area is 211 Å². The summed E-state index contributed by atoms with van der Waals surface area (Å²) in [4.78, 5) is 66.6. The number of esters is 1. The largest absolute Gasteiger partial charge is 0.497 e. The molecule has 4 amide bonds. The summed E-state index contributed by atoms with van der Waals surface area (Å²) in [5, 5.41) is 5.76. The molecule has 1 aromatic heterocycles. The first-order valence-electron chi connectivity index (χ1n) is 11.6. The van der Waals surface area contributed by atoms with Crippen LogP contribution >= 0.6 is 0 Å². The smallest absolute Gasteiger partial charge is 0.310 e. The number of fused-ring (bicyclic) bond motifs is 2. The first-order chi connectivity index (χ1) is 17.8. The fraction of sp³-hybridized carbons (Fsp3) is 0.269. The number of carbonyl (C=O) groups is 5. The summed E-state index contributed by atoms with van der Waals surface area (Å²) < 4.78 is 10.1. The van der Waals surface area contributed by atoms with Crippen molar-refractivity contribution in [3.8, 4) is 5.75 Å². The maximum absolute atomic E-state index is 13.3. The van der Waals surface area contributed by atoms with Gasteiger partial charge in [0.25, 0.3) is 11.8 Å². The maximum Gasteiger partial charge on any atom is 0.310 e. The highest BCUT2D eigenvalue weighted by Gasteiger charge is 2.39. The highest BCUT2D eigenvalue weighted by Crippen LogP contribution is 2.31. The third-order valence-electron chi connectivity index (χ3n) is 6.67. The molecule has 5 rings (SSSR count). The van der Waals surface area contributed by atoms with E-state index in [9.17, 15) is 24.0 Å². The van der Waals surface area contributed by atoms with Gasteiger partial charge in [-0.25, -0.2) is 0 Å². The Kier molecular flexibility index (Phi) is 6.12. The molecule has 1 saturated heterocycles. The van der Waals surface area contributed by atoms with Crippen LogP contribution in [0.4, 0.5) is 5.69 Å². The molecule has 2 aliphatic rings. The molecule has 1 fully saturated rings. The van der Waals surface area contributed by atoms with Crippen LogP contribution in [-0.2, 0) is 32.1 Å². The van der Waals surface area contributed by atoms with Gasteiger partial charge in [0.2, 0.25) is 11.8 Å². The van der Waals surface area contributed by atoms with Crippen molar-refractivity contribution in [3.05, 3.63) is 58.8 Å². The third-order valence-corrected chi connectivity index (χ3v) is 6.67. The van der Waals surface area contributed by atoms with Crippen molar-refractivity contribution in [1.82, 2.24) is 15.2 Å². The van der Waals surface area contributed by atoms with E-state index in [1.807, 2.05) is 0 Å². The van der Waals surface area contributed by atoms with Gasteiger partial charge in [-0.1, -0.05) is 0 Å². The normalized spacial score (nSPS) is 17.0. The Balaban J connectivity index is 1.40. The third kappa shape index (κ3) is 4.39. The molecule has 11 heteroatoms. The molecular weight excluding hydrogens is 480 g/mol. The lowest BCUT2D eigenvalue weighted by Crippen LogP contribution is -2.52. The number of carbonyl (C=O) groups excluding carboxylic acids is 5. The number of aromatic amines is 1. The van der Waals surface area contributed by atoms with E-state index >= 15 is 0 Å². The summed E-state index contributed by atoms with van der Waals surface area (Å²) >= 11 is 0. The van der Waals surface area contributed by atoms with E-state index < -0.39 is 23.8 Å². The highest BCUT2D eigenvalue weighted by atomic mass is 16.5. The van der Waals surface area contributed by atoms with Gasteiger partial charge < -0.3 is 24.7 Å². The van der Waals surface area contributed by atoms with Gasteiger partial charge in [-0.15, -0.1) is 0 Å². The summed E-state index contributed by atoms with van der Waals surface area (Å²) in [6, 6.07) is 9.41. The number of anilines is 1. The monoisotopic (exact) mass is 504 g/mol. The summed E-state index contributed by atoms with van der Waals surface area (Å²) in [6.45, 7) is 0.184. The van der Waals surface area contributed by atoms with E-state index in [4.69, 9.17) is 9.47 Å². The van der Waals surface area contributed by atoms with Gasteiger partial charge in [-0.2, -0.15) is 0 Å². The zero-order valence-electron chi connectivity index (χ0n) is 20.2. The lowest BCUT2D eigenvalue weighted by Gasteiger charge is -2.29. The summed E-state index contributed by atoms with van der Waals surface area (Å²) in [5.74, 6) is -1.53. The molecule has 0 saturated carbocycles. The van der Waals surface area contributed by atoms with Gasteiger partial charge in [0.1, 0.15) is 17.5 Å². The van der Waals surface area contributed by atoms with Crippen molar-refractivity contribution >= 4 is 46.2 Å². The Morgan fingerprint density at radius 2 is 1.92 bits per heavy atom. The van der Waals surface area contributed by atoms with Crippen molar-refractivity contribution in [3.63, 3.8) is 0 Å². The van der Waals surface area contributed by atoms with E-state index in [0.29, 0.717) is 39.0 Å². The van der Waals surface area contributed by atoms with E-state index in [-0.39, 0.29) is 43.3 Å². The van der Waals surface area contributed by atoms with Crippen molar-refractivity contribution in [2.75, 3.05) is 19.5 Å². The van der Waals surface area contributed by atoms with E-state index in [1.165, 1.54) is 19.1 Å². The van der Waals surface area contributed by atoms with E-state index in [1.54, 1.807) is 36.4 Å². The zero-order valence-corrected chi connectivity index (χ0v) is 20.2. The van der Waals surface area contributed by atoms with Crippen molar-refractivity contribution in [2.24, 2.45) is 0 Å². The molecule has 2 aliphatic heterocycles. The van der Waals surface area contributed by atoms with E-state index in [2.05, 4.69) is 15.6 Å². The van der Waals surface area contributed by atoms with Crippen molar-refractivity contribution < 1.29 is 33.4 Å². The van der Waals surface area contributed by atoms with Crippen LogP contribution in [0, 0.1) is 0 Å². The predicted molar refractivity (Wildman–Crippen MR) is 131 cm³/mol. The quantitative estimate of drug-likeness (QED) is 0.343. The van der Waals surface area contributed by atoms with Gasteiger partial charge in [0.05, 0.1) is 20.6 Å². The van der Waals surface area contributed by atoms with Crippen LogP contribution in [0.5, 0.6) is 5.75 Å². The molecule has 0 radical (unpaired) electrons. The van der Waals surface area contributed by atoms with Gasteiger partial charge in [-0.05, 0) is 48.4 Å². The summed E-state index contributed by atoms with van der Waals surface area (Å²) in [5.41, 5.74) is 2.87. The van der Waals surface area contributed by atoms with E-state index in [0.717, 1.165) is 0 Å². The minimum atomic E-state index is -0.722. The number of methoxy groups -OCH3 is 2. The van der Waals surface area contributed by atoms with Crippen LogP contribution in [-0.4, -0.2) is 59.7 Å². The molecule has 1 unspecified atom stereocenters. The number of nitrogens with zero attached hydrogens (tertiary/aromatic N) is 1. The number of nitrogens with one attached hydrogen (secondary N) is 3. The number of imide groups is 1. The van der Waals surface area contributed by atoms with Gasteiger partial charge >= 0.3 is 5.97 Å². The van der Waals surface area contributed by atoms with Gasteiger partial charge in [0.15, 0.2) is 0 Å². The molecule has 0 bridgehead atoms. The molecule has 190 valence electrons. The number of piperidine rings is 1. The fourth-order valence-corrected chi connectivity index (χ4v) is 4.79. The zero-order chi connectivity index (χ0) is 26.3. The van der Waals surface area contributed by atoms with Gasteiger partial charge in [0, 0.05) is 40.7 Å². The average Bonchev–Trinajstić information content (AvgIpc) is 3.40.